The lowest BCUT2D eigenvalue weighted by Gasteiger charge is -2.20. The van der Waals surface area contributed by atoms with Crippen LogP contribution >= 0.6 is 0 Å². The van der Waals surface area contributed by atoms with Crippen LogP contribution in [0.5, 0.6) is 0 Å². The summed E-state index contributed by atoms with van der Waals surface area (Å²) in [7, 11) is 0. The fourth-order valence-corrected chi connectivity index (χ4v) is 1.36. The fourth-order valence-electron chi connectivity index (χ4n) is 1.36. The molecule has 0 aliphatic heterocycles. The first-order valence-electron chi connectivity index (χ1n) is 4.75. The first kappa shape index (κ1) is 10.8. The summed E-state index contributed by atoms with van der Waals surface area (Å²) in [5.41, 5.74) is -0.113. The van der Waals surface area contributed by atoms with Crippen molar-refractivity contribution in [1.29, 1.82) is 0 Å². The summed E-state index contributed by atoms with van der Waals surface area (Å²) >= 11 is 0. The molecule has 0 aromatic carbocycles. The van der Waals surface area contributed by atoms with Crippen molar-refractivity contribution < 1.29 is 9.90 Å². The van der Waals surface area contributed by atoms with Crippen molar-refractivity contribution in [2.24, 2.45) is 0 Å². The van der Waals surface area contributed by atoms with Crippen molar-refractivity contribution >= 4 is 5.97 Å². The van der Waals surface area contributed by atoms with Gasteiger partial charge in [-0.2, -0.15) is 5.10 Å². The van der Waals surface area contributed by atoms with Crippen molar-refractivity contribution in [1.82, 2.24) is 9.78 Å². The van der Waals surface area contributed by atoms with Crippen LogP contribution in [0.4, 0.5) is 0 Å². The molecule has 0 saturated carbocycles. The van der Waals surface area contributed by atoms with Gasteiger partial charge in [-0.3, -0.25) is 9.48 Å². The molecule has 0 aliphatic carbocycles. The molecule has 1 aromatic rings. The molecule has 0 atom stereocenters. The number of carboxylic acids is 1. The van der Waals surface area contributed by atoms with Crippen LogP contribution in [-0.2, 0) is 16.8 Å². The molecule has 4 nitrogen and oxygen atoms in total. The summed E-state index contributed by atoms with van der Waals surface area (Å²) in [5, 5.41) is 13.2. The summed E-state index contributed by atoms with van der Waals surface area (Å²) in [4.78, 5) is 11.0. The second-order valence-electron chi connectivity index (χ2n) is 3.87. The van der Waals surface area contributed by atoms with Crippen LogP contribution in [-0.4, -0.2) is 20.9 Å². The minimum Gasteiger partial charge on any atom is -0.481 e. The van der Waals surface area contributed by atoms with E-state index in [1.807, 2.05) is 6.92 Å². The van der Waals surface area contributed by atoms with Crippen LogP contribution in [0.25, 0.3) is 0 Å². The first-order chi connectivity index (χ1) is 6.50. The number of aryl methyl sites for hydroxylation is 1. The second-order valence-corrected chi connectivity index (χ2v) is 3.87. The van der Waals surface area contributed by atoms with Crippen LogP contribution < -0.4 is 0 Å². The number of carbonyl (C=O) groups is 1. The highest BCUT2D eigenvalue weighted by Crippen LogP contribution is 2.23. The van der Waals surface area contributed by atoms with Gasteiger partial charge in [-0.1, -0.05) is 6.92 Å². The smallest absolute Gasteiger partial charge is 0.315 e. The standard InChI is InChI=1S/C10H16N2O2/c1-4-7-12-8(5-6-11-12)10(2,3)9(13)14/h5-6H,4,7H2,1-3H3,(H,13,14). The molecule has 0 saturated heterocycles. The van der Waals surface area contributed by atoms with Crippen molar-refractivity contribution in [2.75, 3.05) is 0 Å². The minimum absolute atomic E-state index is 0.756. The molecule has 0 aliphatic rings. The third-order valence-electron chi connectivity index (χ3n) is 2.33. The lowest BCUT2D eigenvalue weighted by atomic mass is 9.89. The van der Waals surface area contributed by atoms with Gasteiger partial charge in [0.25, 0.3) is 0 Å². The highest BCUT2D eigenvalue weighted by atomic mass is 16.4. The number of aromatic nitrogens is 2. The Kier molecular flexibility index (Phi) is 2.93. The Labute approximate surface area is 83.5 Å². The van der Waals surface area contributed by atoms with Crippen LogP contribution in [0, 0.1) is 0 Å². The van der Waals surface area contributed by atoms with Crippen LogP contribution in [0.2, 0.25) is 0 Å². The molecule has 0 unspecified atom stereocenters. The molecule has 14 heavy (non-hydrogen) atoms. The van der Waals surface area contributed by atoms with Gasteiger partial charge < -0.3 is 5.11 Å². The molecule has 1 N–H and O–H groups in total. The molecule has 1 rings (SSSR count). The van der Waals surface area contributed by atoms with E-state index >= 15 is 0 Å². The monoisotopic (exact) mass is 196 g/mol. The molecule has 1 aromatic heterocycles. The summed E-state index contributed by atoms with van der Waals surface area (Å²) < 4.78 is 1.76. The zero-order chi connectivity index (χ0) is 10.8. The van der Waals surface area contributed by atoms with Gasteiger partial charge in [0.2, 0.25) is 0 Å². The maximum atomic E-state index is 11.0. The third kappa shape index (κ3) is 1.78. The number of carboxylic acid groups (broad SMARTS) is 1. The maximum absolute atomic E-state index is 11.0. The van der Waals surface area contributed by atoms with Crippen LogP contribution in [0.3, 0.4) is 0 Å². The Morgan fingerprint density at radius 2 is 2.29 bits per heavy atom. The Bertz CT molecular complexity index is 329. The number of hydrogen-bond donors (Lipinski definition) is 1. The number of nitrogens with zero attached hydrogens (tertiary/aromatic N) is 2. The van der Waals surface area contributed by atoms with Crippen LogP contribution in [0.1, 0.15) is 32.9 Å². The quantitative estimate of drug-likeness (QED) is 0.796. The van der Waals surface area contributed by atoms with Gasteiger partial charge in [-0.25, -0.2) is 0 Å². The molecular weight excluding hydrogens is 180 g/mol. The molecule has 0 radical (unpaired) electrons. The lowest BCUT2D eigenvalue weighted by molar-refractivity contribution is -0.142. The predicted molar refractivity (Wildman–Crippen MR) is 53.2 cm³/mol. The molecule has 0 bridgehead atoms. The van der Waals surface area contributed by atoms with Gasteiger partial charge >= 0.3 is 5.97 Å². The van der Waals surface area contributed by atoms with E-state index in [-0.39, 0.29) is 0 Å². The lowest BCUT2D eigenvalue weighted by Crippen LogP contribution is -2.31. The zero-order valence-electron chi connectivity index (χ0n) is 8.82. The Morgan fingerprint density at radius 3 is 2.79 bits per heavy atom. The van der Waals surface area contributed by atoms with E-state index in [0.29, 0.717) is 0 Å². The van der Waals surface area contributed by atoms with E-state index in [2.05, 4.69) is 5.10 Å². The van der Waals surface area contributed by atoms with Crippen molar-refractivity contribution in [2.45, 2.75) is 39.2 Å². The van der Waals surface area contributed by atoms with E-state index in [9.17, 15) is 4.79 Å². The minimum atomic E-state index is -0.869. The van der Waals surface area contributed by atoms with Gasteiger partial charge in [0.15, 0.2) is 0 Å². The summed E-state index contributed by atoms with van der Waals surface area (Å²) in [6.07, 6.45) is 2.60. The average Bonchev–Trinajstić information content (AvgIpc) is 2.53. The van der Waals surface area contributed by atoms with Gasteiger partial charge in [0.05, 0.1) is 5.69 Å². The fraction of sp³-hybridized carbons (Fsp3) is 0.600. The van der Waals surface area contributed by atoms with E-state index in [1.54, 1.807) is 30.8 Å². The molecule has 0 fully saturated rings. The van der Waals surface area contributed by atoms with Gasteiger partial charge in [-0.05, 0) is 26.3 Å². The van der Waals surface area contributed by atoms with E-state index in [1.165, 1.54) is 0 Å². The summed E-state index contributed by atoms with van der Waals surface area (Å²) in [6.45, 7) is 6.19. The first-order valence-corrected chi connectivity index (χ1v) is 4.75. The molecular formula is C10H16N2O2. The molecule has 1 heterocycles. The van der Waals surface area contributed by atoms with E-state index in [4.69, 9.17) is 5.11 Å². The van der Waals surface area contributed by atoms with Crippen LogP contribution in [0.15, 0.2) is 12.3 Å². The maximum Gasteiger partial charge on any atom is 0.315 e. The molecule has 4 heteroatoms. The van der Waals surface area contributed by atoms with Crippen molar-refractivity contribution in [3.05, 3.63) is 18.0 Å². The normalized spacial score (nSPS) is 11.6. The SMILES string of the molecule is CCCn1nccc1C(C)(C)C(=O)O. The van der Waals surface area contributed by atoms with Gasteiger partial charge in [0.1, 0.15) is 5.41 Å². The van der Waals surface area contributed by atoms with Crippen molar-refractivity contribution in [3.8, 4) is 0 Å². The van der Waals surface area contributed by atoms with Gasteiger partial charge in [0, 0.05) is 12.7 Å². The van der Waals surface area contributed by atoms with Crippen molar-refractivity contribution in [3.63, 3.8) is 0 Å². The Hall–Kier alpha value is -1.32. The largest absolute Gasteiger partial charge is 0.481 e. The average molecular weight is 196 g/mol. The van der Waals surface area contributed by atoms with E-state index < -0.39 is 11.4 Å². The number of rotatable bonds is 4. The summed E-state index contributed by atoms with van der Waals surface area (Å²) in [5.74, 6) is -0.824. The molecule has 78 valence electrons. The van der Waals surface area contributed by atoms with Gasteiger partial charge in [-0.15, -0.1) is 0 Å². The zero-order valence-corrected chi connectivity index (χ0v) is 8.82. The Balaban J connectivity index is 3.05. The molecule has 0 amide bonds. The predicted octanol–water partition coefficient (Wildman–Crippen LogP) is 1.66. The highest BCUT2D eigenvalue weighted by molar-refractivity contribution is 5.79. The Morgan fingerprint density at radius 1 is 1.64 bits per heavy atom. The topological polar surface area (TPSA) is 55.1 Å². The number of aliphatic carboxylic acids is 1. The van der Waals surface area contributed by atoms with E-state index in [0.717, 1.165) is 18.7 Å². The molecule has 0 spiro atoms. The third-order valence-corrected chi connectivity index (χ3v) is 2.33. The summed E-state index contributed by atoms with van der Waals surface area (Å²) in [6, 6.07) is 1.77. The second kappa shape index (κ2) is 3.82. The number of hydrogen-bond acceptors (Lipinski definition) is 2. The highest BCUT2D eigenvalue weighted by Gasteiger charge is 2.32.